The molecule has 0 aliphatic rings. The van der Waals surface area contributed by atoms with Crippen LogP contribution in [0.1, 0.15) is 25.5 Å². The van der Waals surface area contributed by atoms with Gasteiger partial charge in [-0.05, 0) is 24.6 Å². The highest BCUT2D eigenvalue weighted by atomic mass is 16.6. The van der Waals surface area contributed by atoms with E-state index >= 15 is 0 Å². The third-order valence-electron chi connectivity index (χ3n) is 2.18. The molecule has 1 aromatic rings. The first-order chi connectivity index (χ1) is 8.49. The zero-order valence-electron chi connectivity index (χ0n) is 10.4. The van der Waals surface area contributed by atoms with Crippen molar-refractivity contribution in [3.8, 4) is 0 Å². The summed E-state index contributed by atoms with van der Waals surface area (Å²) in [6.45, 7) is 3.13. The Morgan fingerprint density at radius 3 is 2.78 bits per heavy atom. The van der Waals surface area contributed by atoms with Crippen molar-refractivity contribution < 1.29 is 14.4 Å². The lowest BCUT2D eigenvalue weighted by Gasteiger charge is -2.14. The highest BCUT2D eigenvalue weighted by Gasteiger charge is 2.07. The van der Waals surface area contributed by atoms with Crippen molar-refractivity contribution in [3.05, 3.63) is 29.8 Å². The molecule has 0 heterocycles. The molecule has 98 valence electrons. The number of nitrogens with two attached hydrogens (primary N) is 1. The van der Waals surface area contributed by atoms with E-state index in [1.807, 2.05) is 25.1 Å². The summed E-state index contributed by atoms with van der Waals surface area (Å²) in [6.07, 6.45) is 0. The molecule has 0 radical (unpaired) electrons. The Labute approximate surface area is 105 Å². The zero-order valence-corrected chi connectivity index (χ0v) is 10.4. The van der Waals surface area contributed by atoms with Gasteiger partial charge in [0.2, 0.25) is 11.8 Å². The first-order valence-electron chi connectivity index (χ1n) is 5.52. The van der Waals surface area contributed by atoms with E-state index in [0.29, 0.717) is 5.69 Å². The average molecular weight is 251 g/mol. The van der Waals surface area contributed by atoms with Crippen LogP contribution in [0.5, 0.6) is 0 Å². The van der Waals surface area contributed by atoms with E-state index in [4.69, 9.17) is 10.6 Å². The number of hydrogen-bond donors (Lipinski definition) is 3. The van der Waals surface area contributed by atoms with Crippen molar-refractivity contribution in [3.63, 3.8) is 0 Å². The number of nitrogens with one attached hydrogen (secondary N) is 2. The fraction of sp³-hybridized carbons (Fsp3) is 0.333. The Bertz CT molecular complexity index is 434. The standard InChI is InChI=1S/C12H17N3O3/c1-8(15-18-7-12(13)17)10-4-3-5-11(6-10)14-9(2)16/h3-6,8,15H,7H2,1-2H3,(H2,13,17)(H,14,16). The van der Waals surface area contributed by atoms with E-state index in [2.05, 4.69) is 10.8 Å². The minimum Gasteiger partial charge on any atom is -0.368 e. The van der Waals surface area contributed by atoms with E-state index < -0.39 is 5.91 Å². The van der Waals surface area contributed by atoms with Crippen LogP contribution in [-0.2, 0) is 14.4 Å². The van der Waals surface area contributed by atoms with Crippen LogP contribution in [0.2, 0.25) is 0 Å². The molecule has 1 atom stereocenters. The molecule has 1 aromatic carbocycles. The number of anilines is 1. The zero-order chi connectivity index (χ0) is 13.5. The minimum absolute atomic E-state index is 0.127. The van der Waals surface area contributed by atoms with Crippen LogP contribution in [0.3, 0.4) is 0 Å². The van der Waals surface area contributed by atoms with Crippen LogP contribution in [0.25, 0.3) is 0 Å². The molecule has 2 amide bonds. The van der Waals surface area contributed by atoms with Gasteiger partial charge in [0, 0.05) is 12.6 Å². The van der Waals surface area contributed by atoms with Crippen LogP contribution in [0.15, 0.2) is 24.3 Å². The summed E-state index contributed by atoms with van der Waals surface area (Å²) < 4.78 is 0. The molecule has 0 aromatic heterocycles. The van der Waals surface area contributed by atoms with Crippen molar-refractivity contribution in [1.29, 1.82) is 0 Å². The number of primary amides is 1. The summed E-state index contributed by atoms with van der Waals surface area (Å²) in [4.78, 5) is 26.4. The molecule has 6 heteroatoms. The maximum atomic E-state index is 10.9. The maximum absolute atomic E-state index is 10.9. The summed E-state index contributed by atoms with van der Waals surface area (Å²) in [5, 5.41) is 2.69. The fourth-order valence-corrected chi connectivity index (χ4v) is 1.39. The number of carbonyl (C=O) groups is 2. The molecule has 0 aliphatic heterocycles. The molecule has 18 heavy (non-hydrogen) atoms. The van der Waals surface area contributed by atoms with Crippen molar-refractivity contribution >= 4 is 17.5 Å². The summed E-state index contributed by atoms with van der Waals surface area (Å²) in [5.74, 6) is -0.667. The average Bonchev–Trinajstić information content (AvgIpc) is 2.27. The summed E-state index contributed by atoms with van der Waals surface area (Å²) in [6, 6.07) is 7.20. The van der Waals surface area contributed by atoms with Gasteiger partial charge in [-0.3, -0.25) is 14.4 Å². The summed E-state index contributed by atoms with van der Waals surface area (Å²) >= 11 is 0. The van der Waals surface area contributed by atoms with Gasteiger partial charge in [-0.2, -0.15) is 5.48 Å². The lowest BCUT2D eigenvalue weighted by molar-refractivity contribution is -0.126. The van der Waals surface area contributed by atoms with Gasteiger partial charge >= 0.3 is 0 Å². The second kappa shape index (κ2) is 6.73. The first kappa shape index (κ1) is 14.1. The Morgan fingerprint density at radius 2 is 2.17 bits per heavy atom. The van der Waals surface area contributed by atoms with Gasteiger partial charge in [0.15, 0.2) is 0 Å². The molecule has 0 saturated heterocycles. The Morgan fingerprint density at radius 1 is 1.44 bits per heavy atom. The number of hydroxylamine groups is 1. The molecule has 4 N–H and O–H groups in total. The largest absolute Gasteiger partial charge is 0.368 e. The van der Waals surface area contributed by atoms with E-state index in [1.54, 1.807) is 6.07 Å². The molecule has 0 spiro atoms. The third kappa shape index (κ3) is 4.94. The molecule has 0 bridgehead atoms. The van der Waals surface area contributed by atoms with Crippen LogP contribution in [0.4, 0.5) is 5.69 Å². The monoisotopic (exact) mass is 251 g/mol. The van der Waals surface area contributed by atoms with Crippen LogP contribution < -0.4 is 16.5 Å². The summed E-state index contributed by atoms with van der Waals surface area (Å²) in [7, 11) is 0. The van der Waals surface area contributed by atoms with Gasteiger partial charge in [0.1, 0.15) is 6.61 Å². The van der Waals surface area contributed by atoms with Crippen LogP contribution in [-0.4, -0.2) is 18.4 Å². The Balaban J connectivity index is 2.59. The molecule has 6 nitrogen and oxygen atoms in total. The number of hydrogen-bond acceptors (Lipinski definition) is 4. The maximum Gasteiger partial charge on any atom is 0.245 e. The topological polar surface area (TPSA) is 93.4 Å². The highest BCUT2D eigenvalue weighted by molar-refractivity contribution is 5.88. The smallest absolute Gasteiger partial charge is 0.245 e. The van der Waals surface area contributed by atoms with Crippen molar-refractivity contribution in [1.82, 2.24) is 5.48 Å². The lowest BCUT2D eigenvalue weighted by atomic mass is 10.1. The van der Waals surface area contributed by atoms with Gasteiger partial charge in [-0.25, -0.2) is 0 Å². The molecule has 0 saturated carbocycles. The molecular formula is C12H17N3O3. The third-order valence-corrected chi connectivity index (χ3v) is 2.18. The second-order valence-corrected chi connectivity index (χ2v) is 3.90. The molecular weight excluding hydrogens is 234 g/mol. The predicted molar refractivity (Wildman–Crippen MR) is 67.4 cm³/mol. The number of rotatable bonds is 6. The fourth-order valence-electron chi connectivity index (χ4n) is 1.39. The lowest BCUT2D eigenvalue weighted by Crippen LogP contribution is -2.26. The van der Waals surface area contributed by atoms with Crippen molar-refractivity contribution in [2.45, 2.75) is 19.9 Å². The van der Waals surface area contributed by atoms with Crippen molar-refractivity contribution in [2.75, 3.05) is 11.9 Å². The Kier molecular flexibility index (Phi) is 5.29. The van der Waals surface area contributed by atoms with Gasteiger partial charge in [-0.15, -0.1) is 0 Å². The van der Waals surface area contributed by atoms with Gasteiger partial charge < -0.3 is 11.1 Å². The van der Waals surface area contributed by atoms with Gasteiger partial charge in [0.25, 0.3) is 0 Å². The van der Waals surface area contributed by atoms with Crippen molar-refractivity contribution in [2.24, 2.45) is 5.73 Å². The van der Waals surface area contributed by atoms with E-state index in [-0.39, 0.29) is 18.6 Å². The first-order valence-corrected chi connectivity index (χ1v) is 5.52. The van der Waals surface area contributed by atoms with Gasteiger partial charge in [0.05, 0.1) is 6.04 Å². The van der Waals surface area contributed by atoms with E-state index in [9.17, 15) is 9.59 Å². The number of amides is 2. The van der Waals surface area contributed by atoms with E-state index in [0.717, 1.165) is 5.56 Å². The quantitative estimate of drug-likeness (QED) is 0.649. The van der Waals surface area contributed by atoms with E-state index in [1.165, 1.54) is 6.92 Å². The minimum atomic E-state index is -0.540. The number of carbonyl (C=O) groups excluding carboxylic acids is 2. The SMILES string of the molecule is CC(=O)Nc1cccc(C(C)NOCC(N)=O)c1. The van der Waals surface area contributed by atoms with Gasteiger partial charge in [-0.1, -0.05) is 12.1 Å². The summed E-state index contributed by atoms with van der Waals surface area (Å²) in [5.41, 5.74) is 9.28. The molecule has 0 aliphatic carbocycles. The van der Waals surface area contributed by atoms with Crippen LogP contribution in [0, 0.1) is 0 Å². The molecule has 1 rings (SSSR count). The Hall–Kier alpha value is -1.92. The molecule has 1 unspecified atom stereocenters. The van der Waals surface area contributed by atoms with Crippen LogP contribution >= 0.6 is 0 Å². The number of benzene rings is 1. The highest BCUT2D eigenvalue weighted by Crippen LogP contribution is 2.17. The predicted octanol–water partition coefficient (Wildman–Crippen LogP) is 0.712. The second-order valence-electron chi connectivity index (χ2n) is 3.90. The normalized spacial score (nSPS) is 11.9. The molecule has 0 fully saturated rings.